The molecule has 0 spiro atoms. The highest BCUT2D eigenvalue weighted by Crippen LogP contribution is 2.16. The summed E-state index contributed by atoms with van der Waals surface area (Å²) in [7, 11) is 0. The van der Waals surface area contributed by atoms with Crippen LogP contribution in [0.1, 0.15) is 79.1 Å². The molecule has 3 heteroatoms. The Morgan fingerprint density at radius 1 is 0.700 bits per heavy atom. The lowest BCUT2D eigenvalue weighted by Crippen LogP contribution is -2.50. The van der Waals surface area contributed by atoms with Gasteiger partial charge in [-0.2, -0.15) is 5.26 Å². The van der Waals surface area contributed by atoms with Crippen LogP contribution in [-0.2, 0) is 0 Å². The smallest absolute Gasteiger partial charge is 0.130 e. The van der Waals surface area contributed by atoms with Crippen molar-refractivity contribution in [1.29, 1.82) is 5.26 Å². The maximum atomic E-state index is 7.18. The molecule has 0 rings (SSSR count). The van der Waals surface area contributed by atoms with Crippen LogP contribution >= 0.6 is 12.6 Å². The Balaban J connectivity index is 0. The number of unbranched alkanes of at least 4 members (excludes halogenated alkanes) is 4. The van der Waals surface area contributed by atoms with Gasteiger partial charge in [-0.05, 0) is 25.7 Å². The Bertz CT molecular complexity index is 186. The summed E-state index contributed by atoms with van der Waals surface area (Å²) in [6.07, 6.45) is 11.1. The molecule has 120 valence electrons. The molecule has 0 amide bonds. The molecule has 0 atom stereocenters. The van der Waals surface area contributed by atoms with E-state index >= 15 is 0 Å². The molecule has 0 saturated carbocycles. The minimum Gasteiger partial charge on any atom is -0.324 e. The summed E-state index contributed by atoms with van der Waals surface area (Å²) in [5.74, 6) is 0. The van der Waals surface area contributed by atoms with Crippen LogP contribution in [0.2, 0.25) is 0 Å². The molecular formula is C17H37N2S+. The Kier molecular flexibility index (Phi) is 18.6. The summed E-state index contributed by atoms with van der Waals surface area (Å²) in [5, 5.41) is 8.63. The van der Waals surface area contributed by atoms with Crippen LogP contribution in [0.5, 0.6) is 0 Å². The van der Waals surface area contributed by atoms with Crippen molar-refractivity contribution in [3.05, 3.63) is 0 Å². The fourth-order valence-corrected chi connectivity index (χ4v) is 2.64. The third-order valence-corrected chi connectivity index (χ3v) is 3.94. The predicted molar refractivity (Wildman–Crippen MR) is 94.0 cm³/mol. The predicted octanol–water partition coefficient (Wildman–Crippen LogP) is 5.40. The number of quaternary nitrogens is 1. The molecule has 0 unspecified atom stereocenters. The monoisotopic (exact) mass is 301 g/mol. The molecule has 0 radical (unpaired) electrons. The van der Waals surface area contributed by atoms with Crippen molar-refractivity contribution in [3.63, 3.8) is 0 Å². The van der Waals surface area contributed by atoms with E-state index in [4.69, 9.17) is 5.26 Å². The van der Waals surface area contributed by atoms with Crippen molar-refractivity contribution in [2.24, 2.45) is 0 Å². The van der Waals surface area contributed by atoms with E-state index in [1.165, 1.54) is 87.4 Å². The highest BCUT2D eigenvalue weighted by atomic mass is 32.1. The molecule has 0 N–H and O–H groups in total. The Morgan fingerprint density at radius 2 is 0.900 bits per heavy atom. The summed E-state index contributed by atoms with van der Waals surface area (Å²) in [4.78, 5) is 0. The second kappa shape index (κ2) is 16.9. The Hall–Kier alpha value is -0.200. The Labute approximate surface area is 133 Å². The van der Waals surface area contributed by atoms with Gasteiger partial charge in [0.1, 0.15) is 5.40 Å². The molecule has 0 heterocycles. The van der Waals surface area contributed by atoms with Crippen molar-refractivity contribution in [1.82, 2.24) is 0 Å². The number of thiocyanates is 1. The van der Waals surface area contributed by atoms with Gasteiger partial charge < -0.3 is 4.48 Å². The summed E-state index contributed by atoms with van der Waals surface area (Å²) in [5.41, 5.74) is 0. The third kappa shape index (κ3) is 12.8. The number of hydrogen-bond acceptors (Lipinski definition) is 2. The molecule has 0 aromatic carbocycles. The van der Waals surface area contributed by atoms with Gasteiger partial charge in [0.25, 0.3) is 0 Å². The number of nitriles is 1. The van der Waals surface area contributed by atoms with Gasteiger partial charge in [0.05, 0.1) is 26.2 Å². The van der Waals surface area contributed by atoms with Crippen molar-refractivity contribution < 1.29 is 4.48 Å². The molecule has 20 heavy (non-hydrogen) atoms. The van der Waals surface area contributed by atoms with Crippen LogP contribution in [0, 0.1) is 10.7 Å². The van der Waals surface area contributed by atoms with Crippen LogP contribution in [0.4, 0.5) is 0 Å². The van der Waals surface area contributed by atoms with Gasteiger partial charge in [0, 0.05) is 0 Å². The average Bonchev–Trinajstić information content (AvgIpc) is 2.46. The molecule has 0 aromatic heterocycles. The summed E-state index contributed by atoms with van der Waals surface area (Å²) < 4.78 is 1.42. The first-order chi connectivity index (χ1) is 9.66. The first-order valence-electron chi connectivity index (χ1n) is 8.54. The molecular weight excluding hydrogens is 264 g/mol. The van der Waals surface area contributed by atoms with Crippen LogP contribution in [0.25, 0.3) is 0 Å². The van der Waals surface area contributed by atoms with Gasteiger partial charge in [0.2, 0.25) is 0 Å². The highest BCUT2D eigenvalue weighted by Gasteiger charge is 2.24. The van der Waals surface area contributed by atoms with E-state index in [9.17, 15) is 0 Å². The zero-order valence-corrected chi connectivity index (χ0v) is 15.2. The third-order valence-electron chi connectivity index (χ3n) is 3.94. The number of rotatable bonds is 12. The van der Waals surface area contributed by atoms with Crippen molar-refractivity contribution in [2.75, 3.05) is 26.2 Å². The number of nitrogens with zero attached hydrogens (tertiary/aromatic N) is 2. The topological polar surface area (TPSA) is 23.8 Å². The largest absolute Gasteiger partial charge is 0.324 e. The van der Waals surface area contributed by atoms with E-state index in [1.807, 2.05) is 0 Å². The first kappa shape index (κ1) is 22.1. The van der Waals surface area contributed by atoms with Gasteiger partial charge in [0.15, 0.2) is 0 Å². The Morgan fingerprint density at radius 3 is 1.05 bits per heavy atom. The van der Waals surface area contributed by atoms with E-state index < -0.39 is 0 Å². The standard InChI is InChI=1S/C16H36N.CHNS/c1-5-9-13-17(14-10-6-2,15-11-7-3)16-12-8-4;2-1-3/h5-16H2,1-4H3;3H/q+1;. The second-order valence-corrected chi connectivity index (χ2v) is 5.95. The molecule has 0 fully saturated rings. The molecule has 0 saturated heterocycles. The lowest BCUT2D eigenvalue weighted by atomic mass is 10.1. The van der Waals surface area contributed by atoms with Crippen LogP contribution in [0.3, 0.4) is 0 Å². The molecule has 0 bridgehead atoms. The summed E-state index contributed by atoms with van der Waals surface area (Å²) in [6.45, 7) is 15.0. The zero-order valence-electron chi connectivity index (χ0n) is 14.3. The van der Waals surface area contributed by atoms with Crippen LogP contribution in [-0.4, -0.2) is 30.7 Å². The zero-order chi connectivity index (χ0) is 15.7. The van der Waals surface area contributed by atoms with Gasteiger partial charge in [-0.1, -0.05) is 66.0 Å². The quantitative estimate of drug-likeness (QED) is 0.291. The second-order valence-electron chi connectivity index (χ2n) is 5.75. The van der Waals surface area contributed by atoms with Crippen LogP contribution < -0.4 is 0 Å². The van der Waals surface area contributed by atoms with Gasteiger partial charge in [-0.3, -0.25) is 0 Å². The SMILES string of the molecule is CCCC[N+](CCCC)(CCCC)CCCC.N#CS. The normalized spacial score (nSPS) is 10.6. The number of thiol groups is 1. The van der Waals surface area contributed by atoms with Crippen LogP contribution in [0.15, 0.2) is 0 Å². The fourth-order valence-electron chi connectivity index (χ4n) is 2.64. The lowest BCUT2D eigenvalue weighted by Gasteiger charge is -2.39. The van der Waals surface area contributed by atoms with E-state index in [1.54, 1.807) is 0 Å². The lowest BCUT2D eigenvalue weighted by molar-refractivity contribution is -0.929. The molecule has 0 aliphatic carbocycles. The van der Waals surface area contributed by atoms with E-state index in [0.717, 1.165) is 0 Å². The van der Waals surface area contributed by atoms with E-state index in [2.05, 4.69) is 40.3 Å². The van der Waals surface area contributed by atoms with Gasteiger partial charge >= 0.3 is 0 Å². The highest BCUT2D eigenvalue weighted by molar-refractivity contribution is 7.85. The van der Waals surface area contributed by atoms with E-state index in [0.29, 0.717) is 0 Å². The molecule has 0 aliphatic rings. The summed E-state index contributed by atoms with van der Waals surface area (Å²) >= 11 is 3.09. The summed E-state index contributed by atoms with van der Waals surface area (Å²) in [6, 6.07) is 0. The first-order valence-corrected chi connectivity index (χ1v) is 8.99. The van der Waals surface area contributed by atoms with E-state index in [-0.39, 0.29) is 0 Å². The number of hydrogen-bond donors (Lipinski definition) is 1. The van der Waals surface area contributed by atoms with Crippen molar-refractivity contribution in [3.8, 4) is 5.40 Å². The maximum absolute atomic E-state index is 7.18. The molecule has 2 nitrogen and oxygen atoms in total. The minimum absolute atomic E-state index is 1.35. The minimum atomic E-state index is 1.35. The van der Waals surface area contributed by atoms with Crippen molar-refractivity contribution >= 4 is 12.6 Å². The van der Waals surface area contributed by atoms with Crippen molar-refractivity contribution in [2.45, 2.75) is 79.1 Å². The van der Waals surface area contributed by atoms with Gasteiger partial charge in [-0.25, -0.2) is 0 Å². The molecule has 0 aromatic rings. The fraction of sp³-hybridized carbons (Fsp3) is 0.941. The van der Waals surface area contributed by atoms with Gasteiger partial charge in [-0.15, -0.1) is 0 Å². The maximum Gasteiger partial charge on any atom is 0.130 e. The average molecular weight is 302 g/mol. The molecule has 0 aliphatic heterocycles.